The highest BCUT2D eigenvalue weighted by Crippen LogP contribution is 2.64. The van der Waals surface area contributed by atoms with Crippen molar-refractivity contribution in [2.75, 3.05) is 0 Å². The molecule has 0 amide bonds. The van der Waals surface area contributed by atoms with Crippen molar-refractivity contribution in [2.24, 2.45) is 0 Å². The summed E-state index contributed by atoms with van der Waals surface area (Å²) in [5.74, 6) is 0. The Balaban J connectivity index is 1.17. The van der Waals surface area contributed by atoms with E-state index >= 15 is 0 Å². The smallest absolute Gasteiger partial charge is 0.0619 e. The normalized spacial score (nSPS) is 13.2. The molecule has 0 saturated heterocycles. The molecular weight excluding hydrogens is 661 g/mol. The summed E-state index contributed by atoms with van der Waals surface area (Å²) in [5, 5.41) is 7.61. The van der Waals surface area contributed by atoms with Crippen LogP contribution >= 0.6 is 0 Å². The first-order valence-electron chi connectivity index (χ1n) is 19.3. The van der Waals surface area contributed by atoms with Gasteiger partial charge >= 0.3 is 0 Å². The SMILES string of the molecule is c1ccc2c(c1)-c1ccccc1C21c2cc(-c3cc(-c4cccc5ccccc45)cc(-c4cccc5ccccc45)c3)ccc2-c2c1ccc1ccccc21. The summed E-state index contributed by atoms with van der Waals surface area (Å²) >= 11 is 0. The first kappa shape index (κ1) is 30.4. The minimum Gasteiger partial charge on any atom is -0.0619 e. The zero-order valence-corrected chi connectivity index (χ0v) is 30.1. The maximum absolute atomic E-state index is 2.53. The second-order valence-electron chi connectivity index (χ2n) is 15.2. The molecule has 0 nitrogen and oxygen atoms in total. The average Bonchev–Trinajstić information content (AvgIpc) is 3.73. The third kappa shape index (κ3) is 4.23. The highest BCUT2D eigenvalue weighted by molar-refractivity contribution is 6.07. The molecule has 0 atom stereocenters. The van der Waals surface area contributed by atoms with Crippen molar-refractivity contribution < 1.29 is 0 Å². The molecule has 0 bridgehead atoms. The molecule has 10 aromatic carbocycles. The van der Waals surface area contributed by atoms with Crippen LogP contribution in [0.15, 0.2) is 206 Å². The van der Waals surface area contributed by atoms with Crippen LogP contribution in [-0.2, 0) is 5.41 Å². The minimum absolute atomic E-state index is 0.427. The molecule has 0 heteroatoms. The predicted molar refractivity (Wildman–Crippen MR) is 232 cm³/mol. The first-order chi connectivity index (χ1) is 27.3. The molecule has 0 heterocycles. The molecule has 0 N–H and O–H groups in total. The zero-order chi connectivity index (χ0) is 36.1. The van der Waals surface area contributed by atoms with Crippen LogP contribution in [0.3, 0.4) is 0 Å². The minimum atomic E-state index is -0.427. The molecule has 55 heavy (non-hydrogen) atoms. The number of benzene rings is 10. The van der Waals surface area contributed by atoms with Gasteiger partial charge < -0.3 is 0 Å². The second-order valence-corrected chi connectivity index (χ2v) is 15.2. The van der Waals surface area contributed by atoms with E-state index in [0.717, 1.165) is 0 Å². The highest BCUT2D eigenvalue weighted by atomic mass is 14.5. The van der Waals surface area contributed by atoms with Crippen molar-refractivity contribution in [3.8, 4) is 55.6 Å². The lowest BCUT2D eigenvalue weighted by atomic mass is 9.70. The number of rotatable bonds is 3. The fourth-order valence-electron chi connectivity index (χ4n) is 10.1. The van der Waals surface area contributed by atoms with Crippen LogP contribution in [0.4, 0.5) is 0 Å². The standard InChI is InChI=1S/C55H34/c1-4-18-42-35(13-1)16-11-23-44(42)40-31-39(32-41(33-40)45-24-12-17-36-14-2-5-19-43(36)45)38-27-29-49-53(34-38)55(52-30-28-37-15-3-6-20-46(37)54(49)52)50-25-9-7-21-47(50)48-22-8-10-26-51(48)55/h1-34H. The molecular formula is C55H34. The third-order valence-corrected chi connectivity index (χ3v) is 12.4. The maximum atomic E-state index is 2.53. The lowest BCUT2D eigenvalue weighted by Crippen LogP contribution is -2.25. The lowest BCUT2D eigenvalue weighted by molar-refractivity contribution is 0.795. The van der Waals surface area contributed by atoms with Gasteiger partial charge in [0.1, 0.15) is 0 Å². The van der Waals surface area contributed by atoms with Crippen molar-refractivity contribution in [2.45, 2.75) is 5.41 Å². The summed E-state index contributed by atoms with van der Waals surface area (Å²) < 4.78 is 0. The van der Waals surface area contributed by atoms with Crippen LogP contribution in [0.2, 0.25) is 0 Å². The Bertz CT molecular complexity index is 3060. The van der Waals surface area contributed by atoms with Crippen LogP contribution < -0.4 is 0 Å². The molecule has 0 radical (unpaired) electrons. The van der Waals surface area contributed by atoms with E-state index in [-0.39, 0.29) is 0 Å². The molecule has 2 aliphatic rings. The molecule has 1 spiro atoms. The van der Waals surface area contributed by atoms with E-state index in [0.29, 0.717) is 0 Å². The summed E-state index contributed by atoms with van der Waals surface area (Å²) in [6.07, 6.45) is 0. The Kier molecular flexibility index (Phi) is 6.36. The molecule has 2 aliphatic carbocycles. The average molecular weight is 695 g/mol. The van der Waals surface area contributed by atoms with E-state index in [1.54, 1.807) is 0 Å². The summed E-state index contributed by atoms with van der Waals surface area (Å²) in [4.78, 5) is 0. The van der Waals surface area contributed by atoms with Crippen LogP contribution in [0, 0.1) is 0 Å². The first-order valence-corrected chi connectivity index (χ1v) is 19.3. The van der Waals surface area contributed by atoms with Gasteiger partial charge in [-0.25, -0.2) is 0 Å². The van der Waals surface area contributed by atoms with E-state index in [2.05, 4.69) is 206 Å². The molecule has 0 fully saturated rings. The van der Waals surface area contributed by atoms with Gasteiger partial charge in [-0.2, -0.15) is 0 Å². The topological polar surface area (TPSA) is 0 Å². The Hall–Kier alpha value is -7.02. The van der Waals surface area contributed by atoms with Crippen LogP contribution in [0.5, 0.6) is 0 Å². The van der Waals surface area contributed by atoms with Crippen LogP contribution in [0.1, 0.15) is 22.3 Å². The molecule has 254 valence electrons. The predicted octanol–water partition coefficient (Wildman–Crippen LogP) is 14.5. The summed E-state index contributed by atoms with van der Waals surface area (Å²) in [6.45, 7) is 0. The maximum Gasteiger partial charge on any atom is 0.0725 e. The molecule has 12 rings (SSSR count). The Morgan fingerprint density at radius 3 is 1.33 bits per heavy atom. The number of hydrogen-bond donors (Lipinski definition) is 0. The van der Waals surface area contributed by atoms with Gasteiger partial charge in [0, 0.05) is 0 Å². The number of hydrogen-bond acceptors (Lipinski definition) is 0. The fourth-order valence-corrected chi connectivity index (χ4v) is 10.1. The fraction of sp³-hybridized carbons (Fsp3) is 0.0182. The van der Waals surface area contributed by atoms with Crippen LogP contribution in [-0.4, -0.2) is 0 Å². The molecule has 0 aliphatic heterocycles. The van der Waals surface area contributed by atoms with Gasteiger partial charge in [0.2, 0.25) is 0 Å². The van der Waals surface area contributed by atoms with Gasteiger partial charge in [-0.15, -0.1) is 0 Å². The molecule has 0 unspecified atom stereocenters. The molecule has 10 aromatic rings. The summed E-state index contributed by atoms with van der Waals surface area (Å²) in [5.41, 5.74) is 17.7. The Labute approximate surface area is 320 Å². The van der Waals surface area contributed by atoms with Crippen LogP contribution in [0.25, 0.3) is 88.0 Å². The summed E-state index contributed by atoms with van der Waals surface area (Å²) in [7, 11) is 0. The lowest BCUT2D eigenvalue weighted by Gasteiger charge is -2.31. The van der Waals surface area contributed by atoms with E-state index in [1.807, 2.05) is 0 Å². The van der Waals surface area contributed by atoms with E-state index < -0.39 is 5.41 Å². The van der Waals surface area contributed by atoms with Crippen molar-refractivity contribution >= 4 is 32.3 Å². The largest absolute Gasteiger partial charge is 0.0725 e. The highest BCUT2D eigenvalue weighted by Gasteiger charge is 2.52. The third-order valence-electron chi connectivity index (χ3n) is 12.4. The van der Waals surface area contributed by atoms with Gasteiger partial charge in [-0.3, -0.25) is 0 Å². The second kappa shape index (κ2) is 11.5. The molecule has 0 saturated carbocycles. The van der Waals surface area contributed by atoms with Crippen molar-refractivity contribution in [1.29, 1.82) is 0 Å². The van der Waals surface area contributed by atoms with Gasteiger partial charge in [0.15, 0.2) is 0 Å². The van der Waals surface area contributed by atoms with E-state index in [4.69, 9.17) is 0 Å². The van der Waals surface area contributed by atoms with Gasteiger partial charge in [0.25, 0.3) is 0 Å². The quantitative estimate of drug-likeness (QED) is 0.173. The van der Waals surface area contributed by atoms with Crippen molar-refractivity contribution in [1.82, 2.24) is 0 Å². The summed E-state index contributed by atoms with van der Waals surface area (Å²) in [6, 6.07) is 77.2. The Morgan fingerprint density at radius 2 is 0.709 bits per heavy atom. The van der Waals surface area contributed by atoms with Gasteiger partial charge in [-0.1, -0.05) is 182 Å². The van der Waals surface area contributed by atoms with Crippen molar-refractivity contribution in [3.63, 3.8) is 0 Å². The number of fused-ring (bicyclic) bond motifs is 14. The van der Waals surface area contributed by atoms with E-state index in [9.17, 15) is 0 Å². The Morgan fingerprint density at radius 1 is 0.236 bits per heavy atom. The van der Waals surface area contributed by atoms with E-state index in [1.165, 1.54) is 110 Å². The monoisotopic (exact) mass is 694 g/mol. The van der Waals surface area contributed by atoms with Crippen molar-refractivity contribution in [3.05, 3.63) is 229 Å². The van der Waals surface area contributed by atoms with Gasteiger partial charge in [-0.05, 0) is 134 Å². The zero-order valence-electron chi connectivity index (χ0n) is 30.1. The molecule has 0 aromatic heterocycles. The van der Waals surface area contributed by atoms with Gasteiger partial charge in [0.05, 0.1) is 5.41 Å².